The Hall–Kier alpha value is -8.83. The highest BCUT2D eigenvalue weighted by atomic mass is 16.3. The first-order valence-electron chi connectivity index (χ1n) is 21.7. The zero-order valence-corrected chi connectivity index (χ0v) is 36.4. The maximum atomic E-state index is 6.39. The van der Waals surface area contributed by atoms with Gasteiger partial charge in [0, 0.05) is 49.4 Å². The third-order valence-electron chi connectivity index (χ3n) is 11.9. The molecule has 11 nitrogen and oxygen atoms in total. The fraction of sp³-hybridized carbons (Fsp3) is 0.0727. The molecule has 66 heavy (non-hydrogen) atoms. The highest BCUT2D eigenvalue weighted by Crippen LogP contribution is 2.41. The molecule has 5 heterocycles. The minimum Gasteiger partial charge on any atom is -0.456 e. The van der Waals surface area contributed by atoms with Crippen molar-refractivity contribution in [1.82, 2.24) is 49.4 Å². The van der Waals surface area contributed by atoms with Crippen molar-refractivity contribution in [2.45, 2.75) is 27.7 Å². The molecule has 0 aliphatic carbocycles. The molecule has 0 radical (unpaired) electrons. The molecule has 0 fully saturated rings. The Morgan fingerprint density at radius 2 is 0.773 bits per heavy atom. The van der Waals surface area contributed by atoms with E-state index in [1.807, 2.05) is 107 Å². The molecular formula is C55H38N10O. The average molecular weight is 855 g/mol. The number of hydrogen-bond donors (Lipinski definition) is 0. The van der Waals surface area contributed by atoms with Gasteiger partial charge in [0.05, 0.1) is 16.7 Å². The molecule has 0 spiro atoms. The second kappa shape index (κ2) is 15.5. The van der Waals surface area contributed by atoms with Crippen molar-refractivity contribution < 1.29 is 4.42 Å². The van der Waals surface area contributed by atoms with Gasteiger partial charge in [0.2, 0.25) is 0 Å². The van der Waals surface area contributed by atoms with E-state index in [1.54, 1.807) is 0 Å². The smallest absolute Gasteiger partial charge is 0.166 e. The van der Waals surface area contributed by atoms with Gasteiger partial charge in [0.25, 0.3) is 0 Å². The second-order valence-electron chi connectivity index (χ2n) is 16.4. The van der Waals surface area contributed by atoms with E-state index in [0.717, 1.165) is 88.4 Å². The number of furan rings is 1. The van der Waals surface area contributed by atoms with Gasteiger partial charge in [-0.25, -0.2) is 44.9 Å². The van der Waals surface area contributed by atoms with Crippen LogP contribution in [0.1, 0.15) is 23.3 Å². The van der Waals surface area contributed by atoms with E-state index in [0.29, 0.717) is 52.4 Å². The summed E-state index contributed by atoms with van der Waals surface area (Å²) in [6.07, 6.45) is 0. The van der Waals surface area contributed by atoms with E-state index >= 15 is 0 Å². The van der Waals surface area contributed by atoms with Crippen molar-refractivity contribution in [3.63, 3.8) is 0 Å². The molecular weight excluding hydrogens is 817 g/mol. The van der Waals surface area contributed by atoms with Crippen molar-refractivity contribution in [3.05, 3.63) is 181 Å². The molecule has 5 aromatic heterocycles. The van der Waals surface area contributed by atoms with Gasteiger partial charge in [-0.2, -0.15) is 0 Å². The van der Waals surface area contributed by atoms with Crippen LogP contribution in [0.3, 0.4) is 0 Å². The molecule has 0 aliphatic rings. The maximum Gasteiger partial charge on any atom is 0.166 e. The summed E-state index contributed by atoms with van der Waals surface area (Å²) < 4.78 is 8.68. The number of rotatable bonds is 7. The molecule has 314 valence electrons. The van der Waals surface area contributed by atoms with Crippen LogP contribution in [-0.2, 0) is 0 Å². The number of hydrogen-bond acceptors (Lipinski definition) is 10. The van der Waals surface area contributed by atoms with E-state index in [9.17, 15) is 0 Å². The first kappa shape index (κ1) is 38.8. The molecule has 0 amide bonds. The fourth-order valence-electron chi connectivity index (χ4n) is 8.97. The quantitative estimate of drug-likeness (QED) is 0.152. The second-order valence-corrected chi connectivity index (χ2v) is 16.4. The molecule has 0 saturated heterocycles. The van der Waals surface area contributed by atoms with Crippen molar-refractivity contribution >= 4 is 43.7 Å². The van der Waals surface area contributed by atoms with Gasteiger partial charge >= 0.3 is 0 Å². The third-order valence-corrected chi connectivity index (χ3v) is 11.9. The van der Waals surface area contributed by atoms with E-state index in [4.69, 9.17) is 39.3 Å². The number of nitrogens with zero attached hydrogens (tertiary/aromatic N) is 10. The van der Waals surface area contributed by atoms with Gasteiger partial charge in [0.1, 0.15) is 34.5 Å². The summed E-state index contributed by atoms with van der Waals surface area (Å²) in [5.41, 5.74) is 10.8. The summed E-state index contributed by atoms with van der Waals surface area (Å²) in [7, 11) is 0. The first-order chi connectivity index (χ1) is 32.3. The van der Waals surface area contributed by atoms with Crippen molar-refractivity contribution in [2.75, 3.05) is 0 Å². The molecule has 0 aliphatic heterocycles. The van der Waals surface area contributed by atoms with Crippen LogP contribution in [-0.4, -0.2) is 49.4 Å². The number of aryl methyl sites for hydroxylation is 4. The van der Waals surface area contributed by atoms with Crippen molar-refractivity contribution in [3.8, 4) is 73.8 Å². The van der Waals surface area contributed by atoms with Crippen LogP contribution in [0.4, 0.5) is 0 Å². The summed E-state index contributed by atoms with van der Waals surface area (Å²) >= 11 is 0. The first-order valence-corrected chi connectivity index (χ1v) is 21.7. The van der Waals surface area contributed by atoms with Gasteiger partial charge in [-0.15, -0.1) is 0 Å². The highest BCUT2D eigenvalue weighted by Gasteiger charge is 2.22. The summed E-state index contributed by atoms with van der Waals surface area (Å²) in [5, 5.41) is 4.15. The lowest BCUT2D eigenvalue weighted by molar-refractivity contribution is 0.669. The minimum absolute atomic E-state index is 0.528. The molecule has 7 aromatic carbocycles. The number of aromatic nitrogens is 10. The van der Waals surface area contributed by atoms with E-state index in [1.165, 1.54) is 0 Å². The largest absolute Gasteiger partial charge is 0.456 e. The SMILES string of the molecule is Cc1nc(C)nc(-c2ccc3c(c2)c2cc(-c4nc(C)nc(C)n4)ccc2n3-c2ccc(-c3ccc4c(c3)oc3ccccc34)cc2-c2nc(-c3ccccc3)nc(-c3ccccc3)n2)n1. The fourth-order valence-corrected chi connectivity index (χ4v) is 8.97. The number of benzene rings is 7. The van der Waals surface area contributed by atoms with Crippen LogP contribution in [0.5, 0.6) is 0 Å². The Morgan fingerprint density at radius 3 is 1.35 bits per heavy atom. The Morgan fingerprint density at radius 1 is 0.318 bits per heavy atom. The van der Waals surface area contributed by atoms with Crippen molar-refractivity contribution in [1.29, 1.82) is 0 Å². The van der Waals surface area contributed by atoms with Crippen molar-refractivity contribution in [2.24, 2.45) is 0 Å². The lowest BCUT2D eigenvalue weighted by Gasteiger charge is -2.16. The van der Waals surface area contributed by atoms with E-state index < -0.39 is 0 Å². The zero-order chi connectivity index (χ0) is 44.5. The third kappa shape index (κ3) is 6.81. The maximum absolute atomic E-state index is 6.39. The molecule has 0 unspecified atom stereocenters. The highest BCUT2D eigenvalue weighted by molar-refractivity contribution is 6.12. The molecule has 0 bridgehead atoms. The van der Waals surface area contributed by atoms with Crippen LogP contribution in [0, 0.1) is 27.7 Å². The predicted octanol–water partition coefficient (Wildman–Crippen LogP) is 12.5. The number of fused-ring (bicyclic) bond motifs is 6. The van der Waals surface area contributed by atoms with Gasteiger partial charge in [0.15, 0.2) is 29.1 Å². The Balaban J connectivity index is 1.14. The van der Waals surface area contributed by atoms with E-state index in [2.05, 4.69) is 93.4 Å². The van der Waals surface area contributed by atoms with E-state index in [-0.39, 0.29) is 0 Å². The normalized spacial score (nSPS) is 11.6. The summed E-state index contributed by atoms with van der Waals surface area (Å²) in [4.78, 5) is 43.5. The van der Waals surface area contributed by atoms with Gasteiger partial charge in [-0.3, -0.25) is 0 Å². The van der Waals surface area contributed by atoms with Gasteiger partial charge < -0.3 is 8.98 Å². The summed E-state index contributed by atoms with van der Waals surface area (Å²) in [6, 6.07) is 53.9. The lowest BCUT2D eigenvalue weighted by Crippen LogP contribution is -2.04. The molecule has 12 rings (SSSR count). The molecule has 11 heteroatoms. The molecule has 0 atom stereocenters. The summed E-state index contributed by atoms with van der Waals surface area (Å²) in [6.45, 7) is 7.56. The van der Waals surface area contributed by atoms with Crippen LogP contribution < -0.4 is 0 Å². The average Bonchev–Trinajstić information content (AvgIpc) is 3.88. The minimum atomic E-state index is 0.528. The monoisotopic (exact) mass is 854 g/mol. The topological polar surface area (TPSA) is 134 Å². The summed E-state index contributed by atoms with van der Waals surface area (Å²) in [5.74, 6) is 5.54. The molecule has 12 aromatic rings. The number of para-hydroxylation sites is 1. The van der Waals surface area contributed by atoms with Crippen LogP contribution in [0.2, 0.25) is 0 Å². The van der Waals surface area contributed by atoms with Gasteiger partial charge in [-0.05, 0) is 106 Å². The molecule has 0 N–H and O–H groups in total. The zero-order valence-electron chi connectivity index (χ0n) is 36.4. The predicted molar refractivity (Wildman–Crippen MR) is 260 cm³/mol. The van der Waals surface area contributed by atoms with Crippen LogP contribution in [0.25, 0.3) is 117 Å². The standard InChI is InChI=1S/C55H38N10O/c1-31-56-32(2)59-53(58-31)39-21-25-46-43(28-39)44-29-40(54-60-33(3)57-34(4)61-54)22-26-47(44)65(46)48-24-20-37(38-19-23-42-41-17-11-12-18-49(41)66-50(42)30-38)27-45(48)55-63-51(35-13-7-5-8-14-35)62-52(64-55)36-15-9-6-10-16-36/h5-30H,1-4H3. The Kier molecular flexibility index (Phi) is 9.09. The Labute approximate surface area is 378 Å². The van der Waals surface area contributed by atoms with Crippen LogP contribution in [0.15, 0.2) is 162 Å². The van der Waals surface area contributed by atoms with Crippen LogP contribution >= 0.6 is 0 Å². The molecule has 0 saturated carbocycles. The van der Waals surface area contributed by atoms with Gasteiger partial charge in [-0.1, -0.05) is 91.0 Å². The Bertz CT molecular complexity index is 3670. The lowest BCUT2D eigenvalue weighted by atomic mass is 9.99.